The maximum absolute atomic E-state index is 14.2. The van der Waals surface area contributed by atoms with Crippen LogP contribution in [0.4, 0.5) is 19.0 Å². The number of pyridine rings is 2. The van der Waals surface area contributed by atoms with Crippen LogP contribution in [0.5, 0.6) is 0 Å². The van der Waals surface area contributed by atoms with Crippen LogP contribution in [-0.4, -0.2) is 55.5 Å². The number of aryl methyl sites for hydroxylation is 1. The van der Waals surface area contributed by atoms with Crippen LogP contribution >= 0.6 is 0 Å². The molecule has 0 unspecified atom stereocenters. The fourth-order valence-corrected chi connectivity index (χ4v) is 4.78. The Labute approximate surface area is 244 Å². The third-order valence-electron chi connectivity index (χ3n) is 6.77. The first-order valence-electron chi connectivity index (χ1n) is 13.3. The van der Waals surface area contributed by atoms with E-state index in [0.717, 1.165) is 21.2 Å². The Morgan fingerprint density at radius 1 is 1.12 bits per heavy atom. The molecule has 0 aliphatic carbocycles. The monoisotopic (exact) mass is 591 g/mol. The summed E-state index contributed by atoms with van der Waals surface area (Å²) < 4.78 is 51.3. The van der Waals surface area contributed by atoms with Crippen molar-refractivity contribution in [3.8, 4) is 34.4 Å². The van der Waals surface area contributed by atoms with Crippen LogP contribution in [0.3, 0.4) is 0 Å². The van der Waals surface area contributed by atoms with E-state index in [1.54, 1.807) is 41.9 Å². The predicted molar refractivity (Wildman–Crippen MR) is 154 cm³/mol. The van der Waals surface area contributed by atoms with Gasteiger partial charge in [0.1, 0.15) is 18.0 Å². The van der Waals surface area contributed by atoms with E-state index in [0.29, 0.717) is 53.6 Å². The van der Waals surface area contributed by atoms with Gasteiger partial charge < -0.3 is 19.9 Å². The van der Waals surface area contributed by atoms with Crippen LogP contribution in [0, 0.1) is 11.3 Å². The van der Waals surface area contributed by atoms with Gasteiger partial charge in [-0.1, -0.05) is 6.07 Å². The van der Waals surface area contributed by atoms with Gasteiger partial charge in [0.2, 0.25) is 0 Å². The van der Waals surface area contributed by atoms with Gasteiger partial charge in [-0.05, 0) is 53.9 Å². The molecule has 222 valence electrons. The second-order valence-electron chi connectivity index (χ2n) is 9.73. The van der Waals surface area contributed by atoms with Crippen LogP contribution in [-0.2, 0) is 24.5 Å². The summed E-state index contributed by atoms with van der Waals surface area (Å²) in [4.78, 5) is 18.2. The maximum Gasteiger partial charge on any atom is 0.418 e. The molecule has 0 aliphatic rings. The minimum Gasteiger partial charge on any atom is -0.383 e. The predicted octanol–water partition coefficient (Wildman–Crippen LogP) is 4.01. The van der Waals surface area contributed by atoms with Crippen molar-refractivity contribution >= 4 is 11.3 Å². The quantitative estimate of drug-likeness (QED) is 0.233. The Morgan fingerprint density at radius 2 is 1.93 bits per heavy atom. The number of imidazole rings is 1. The van der Waals surface area contributed by atoms with Crippen molar-refractivity contribution < 1.29 is 17.9 Å². The van der Waals surface area contributed by atoms with Gasteiger partial charge in [0.25, 0.3) is 0 Å². The van der Waals surface area contributed by atoms with Gasteiger partial charge >= 0.3 is 11.9 Å². The van der Waals surface area contributed by atoms with E-state index < -0.39 is 17.4 Å². The third-order valence-corrected chi connectivity index (χ3v) is 6.77. The van der Waals surface area contributed by atoms with E-state index >= 15 is 0 Å². The molecular formula is C29H28F3N9O2. The highest BCUT2D eigenvalue weighted by atomic mass is 19.4. The molecule has 0 radical (unpaired) electrons. The SMILES string of the molecule is CCNc1cc(-c2ccc(C#N)cc2-c2nncn2C)cc(-n2cc3c(C(F)(F)F)cc(CNCCOC)cn3c2=O)n1. The number of halogens is 3. The van der Waals surface area contributed by atoms with Crippen LogP contribution < -0.4 is 16.3 Å². The average Bonchev–Trinajstić information content (AvgIpc) is 3.56. The summed E-state index contributed by atoms with van der Waals surface area (Å²) in [6.07, 6.45) is -0.626. The van der Waals surface area contributed by atoms with Crippen LogP contribution in [0.2, 0.25) is 0 Å². The topological polar surface area (TPSA) is 127 Å². The second-order valence-corrected chi connectivity index (χ2v) is 9.73. The number of anilines is 1. The number of benzene rings is 1. The zero-order chi connectivity index (χ0) is 30.7. The number of fused-ring (bicyclic) bond motifs is 1. The molecule has 5 rings (SSSR count). The summed E-state index contributed by atoms with van der Waals surface area (Å²) in [5.74, 6) is 1.02. The van der Waals surface area contributed by atoms with E-state index in [9.17, 15) is 23.2 Å². The summed E-state index contributed by atoms with van der Waals surface area (Å²) >= 11 is 0. The number of methoxy groups -OCH3 is 1. The van der Waals surface area contributed by atoms with Gasteiger partial charge in [-0.25, -0.2) is 9.78 Å². The van der Waals surface area contributed by atoms with Gasteiger partial charge in [0.05, 0.1) is 29.3 Å². The minimum absolute atomic E-state index is 0.113. The number of nitrogens with one attached hydrogen (secondary N) is 2. The normalized spacial score (nSPS) is 11.7. The molecule has 0 saturated heterocycles. The molecule has 0 saturated carbocycles. The lowest BCUT2D eigenvalue weighted by molar-refractivity contribution is -0.136. The number of ether oxygens (including phenoxy) is 1. The minimum atomic E-state index is -4.70. The van der Waals surface area contributed by atoms with Crippen molar-refractivity contribution in [1.29, 1.82) is 5.26 Å². The molecule has 5 aromatic rings. The third kappa shape index (κ3) is 5.99. The smallest absolute Gasteiger partial charge is 0.383 e. The lowest BCUT2D eigenvalue weighted by Gasteiger charge is -2.13. The number of hydrogen-bond donors (Lipinski definition) is 2. The Hall–Kier alpha value is -5.00. The van der Waals surface area contributed by atoms with E-state index in [1.807, 2.05) is 6.92 Å². The van der Waals surface area contributed by atoms with Gasteiger partial charge in [-0.2, -0.15) is 18.4 Å². The number of alkyl halides is 3. The first-order valence-corrected chi connectivity index (χ1v) is 13.3. The first-order chi connectivity index (χ1) is 20.6. The molecule has 43 heavy (non-hydrogen) atoms. The van der Waals surface area contributed by atoms with Crippen molar-refractivity contribution in [1.82, 2.24) is 34.0 Å². The molecule has 11 nitrogen and oxygen atoms in total. The molecule has 1 aromatic carbocycles. The maximum atomic E-state index is 14.2. The molecule has 0 bridgehead atoms. The van der Waals surface area contributed by atoms with E-state index in [1.165, 1.54) is 19.6 Å². The largest absolute Gasteiger partial charge is 0.418 e. The summed E-state index contributed by atoms with van der Waals surface area (Å²) in [6.45, 7) is 3.31. The number of aromatic nitrogens is 6. The van der Waals surface area contributed by atoms with Crippen LogP contribution in [0.1, 0.15) is 23.6 Å². The van der Waals surface area contributed by atoms with Gasteiger partial charge in [0, 0.05) is 51.7 Å². The van der Waals surface area contributed by atoms with Crippen molar-refractivity contribution in [3.63, 3.8) is 0 Å². The summed E-state index contributed by atoms with van der Waals surface area (Å²) in [7, 11) is 3.30. The van der Waals surface area contributed by atoms with Crippen molar-refractivity contribution in [2.75, 3.05) is 32.1 Å². The number of nitriles is 1. The summed E-state index contributed by atoms with van der Waals surface area (Å²) in [6, 6.07) is 11.6. The Kier molecular flexibility index (Phi) is 8.29. The highest BCUT2D eigenvalue weighted by Crippen LogP contribution is 2.35. The Balaban J connectivity index is 1.70. The van der Waals surface area contributed by atoms with E-state index in [-0.39, 0.29) is 23.4 Å². The second kappa shape index (κ2) is 12.1. The molecule has 0 atom stereocenters. The Bertz CT molecular complexity index is 1880. The Morgan fingerprint density at radius 3 is 2.60 bits per heavy atom. The molecule has 4 aromatic heterocycles. The molecule has 0 amide bonds. The van der Waals surface area contributed by atoms with E-state index in [4.69, 9.17) is 4.74 Å². The molecule has 0 spiro atoms. The highest BCUT2D eigenvalue weighted by molar-refractivity contribution is 5.83. The van der Waals surface area contributed by atoms with E-state index in [2.05, 4.69) is 31.9 Å². The zero-order valence-electron chi connectivity index (χ0n) is 23.6. The summed E-state index contributed by atoms with van der Waals surface area (Å²) in [5.41, 5.74) is 0.627. The fraction of sp³-hybridized carbons (Fsp3) is 0.276. The van der Waals surface area contributed by atoms with Crippen molar-refractivity contribution in [2.24, 2.45) is 7.05 Å². The van der Waals surface area contributed by atoms with Crippen molar-refractivity contribution in [2.45, 2.75) is 19.6 Å². The summed E-state index contributed by atoms with van der Waals surface area (Å²) in [5, 5.41) is 23.8. The molecule has 4 heterocycles. The molecular weight excluding hydrogens is 563 g/mol. The van der Waals surface area contributed by atoms with Gasteiger partial charge in [-0.15, -0.1) is 10.2 Å². The fourth-order valence-electron chi connectivity index (χ4n) is 4.78. The van der Waals surface area contributed by atoms with Crippen LogP contribution in [0.25, 0.3) is 33.8 Å². The van der Waals surface area contributed by atoms with Gasteiger partial charge in [0.15, 0.2) is 5.82 Å². The number of hydrogen-bond acceptors (Lipinski definition) is 8. The van der Waals surface area contributed by atoms with Crippen LogP contribution in [0.15, 0.2) is 59.9 Å². The molecule has 14 heteroatoms. The lowest BCUT2D eigenvalue weighted by atomic mass is 9.97. The highest BCUT2D eigenvalue weighted by Gasteiger charge is 2.34. The van der Waals surface area contributed by atoms with Gasteiger partial charge in [-0.3, -0.25) is 8.97 Å². The first kappa shape index (κ1) is 29.5. The molecule has 0 fully saturated rings. The van der Waals surface area contributed by atoms with Crippen molar-refractivity contribution in [3.05, 3.63) is 82.3 Å². The molecule has 0 aliphatic heterocycles. The number of rotatable bonds is 10. The number of nitrogens with zero attached hydrogens (tertiary/aromatic N) is 7. The molecule has 2 N–H and O–H groups in total. The standard InChI is InChI=1S/C29H28F3N9O2/c1-4-35-25-11-20(21-6-5-18(13-33)9-22(21)27-38-36-17-39(27)2)12-26(37-25)41-16-24-23(29(30,31)32)10-19(14-34-7-8-43-3)15-40(24)28(41)42/h5-6,9-12,15-17,34H,4,7-8,14H2,1-3H3,(H,35,37). The zero-order valence-corrected chi connectivity index (χ0v) is 23.6. The average molecular weight is 592 g/mol. The lowest BCUT2D eigenvalue weighted by Crippen LogP contribution is -2.22.